The van der Waals surface area contributed by atoms with Crippen molar-refractivity contribution in [1.29, 1.82) is 0 Å². The van der Waals surface area contributed by atoms with E-state index in [9.17, 15) is 24.5 Å². The second kappa shape index (κ2) is 9.40. The van der Waals surface area contributed by atoms with Crippen molar-refractivity contribution in [2.45, 2.75) is 58.0 Å². The van der Waals surface area contributed by atoms with Crippen molar-refractivity contribution < 1.29 is 28.8 Å². The fraction of sp³-hybridized carbons (Fsp3) is 0.480. The van der Waals surface area contributed by atoms with E-state index in [1.54, 1.807) is 19.9 Å². The number of nitrogens with zero attached hydrogens (tertiary/aromatic N) is 1. The van der Waals surface area contributed by atoms with Crippen molar-refractivity contribution in [3.8, 4) is 0 Å². The zero-order chi connectivity index (χ0) is 24.6. The SMILES string of the molecule is COC(=O)[C@@H]1C(=O)C2=C(C[C@@H]1C)NC(C)=C(C(=O)OC1CCCC1)[C@@H]2c1cccc([N+](=O)[O-])c1. The fourth-order valence-electron chi connectivity index (χ4n) is 5.32. The topological polar surface area (TPSA) is 125 Å². The largest absolute Gasteiger partial charge is 0.468 e. The Hall–Kier alpha value is -3.49. The monoisotopic (exact) mass is 468 g/mol. The number of dihydropyridines is 1. The van der Waals surface area contributed by atoms with Gasteiger partial charge in [0.15, 0.2) is 5.78 Å². The van der Waals surface area contributed by atoms with E-state index < -0.39 is 34.5 Å². The lowest BCUT2D eigenvalue weighted by molar-refractivity contribution is -0.384. The van der Waals surface area contributed by atoms with Gasteiger partial charge < -0.3 is 14.8 Å². The highest BCUT2D eigenvalue weighted by molar-refractivity contribution is 6.12. The summed E-state index contributed by atoms with van der Waals surface area (Å²) in [4.78, 5) is 50.5. The Morgan fingerprint density at radius 3 is 2.56 bits per heavy atom. The molecule has 3 aliphatic rings. The molecule has 1 N–H and O–H groups in total. The zero-order valence-electron chi connectivity index (χ0n) is 19.5. The van der Waals surface area contributed by atoms with Crippen molar-refractivity contribution in [3.05, 3.63) is 62.5 Å². The van der Waals surface area contributed by atoms with Gasteiger partial charge >= 0.3 is 11.9 Å². The minimum atomic E-state index is -1.02. The number of nitro benzene ring substituents is 1. The van der Waals surface area contributed by atoms with Crippen molar-refractivity contribution in [1.82, 2.24) is 5.32 Å². The number of allylic oxidation sites excluding steroid dienone is 3. The third-order valence-electron chi connectivity index (χ3n) is 6.95. The minimum absolute atomic E-state index is 0.152. The highest BCUT2D eigenvalue weighted by Crippen LogP contribution is 2.46. The summed E-state index contributed by atoms with van der Waals surface area (Å²) in [6.45, 7) is 3.54. The number of non-ortho nitro benzene ring substituents is 1. The van der Waals surface area contributed by atoms with E-state index in [0.717, 1.165) is 25.7 Å². The number of hydrogen-bond donors (Lipinski definition) is 1. The van der Waals surface area contributed by atoms with Gasteiger partial charge in [-0.25, -0.2) is 4.79 Å². The molecule has 1 heterocycles. The van der Waals surface area contributed by atoms with Crippen LogP contribution < -0.4 is 5.32 Å². The van der Waals surface area contributed by atoms with E-state index in [-0.39, 0.29) is 28.9 Å². The predicted molar refractivity (Wildman–Crippen MR) is 121 cm³/mol. The minimum Gasteiger partial charge on any atom is -0.468 e. The zero-order valence-corrected chi connectivity index (χ0v) is 19.5. The number of nitro groups is 1. The van der Waals surface area contributed by atoms with Gasteiger partial charge in [0.05, 0.1) is 17.6 Å². The van der Waals surface area contributed by atoms with Crippen LogP contribution in [0.2, 0.25) is 0 Å². The lowest BCUT2D eigenvalue weighted by Crippen LogP contribution is -2.43. The molecule has 1 fully saturated rings. The normalized spacial score (nSPS) is 25.0. The molecule has 0 aromatic heterocycles. The number of ether oxygens (including phenoxy) is 2. The average Bonchev–Trinajstić information content (AvgIpc) is 3.30. The Balaban J connectivity index is 1.84. The molecule has 1 aliphatic heterocycles. The number of hydrogen-bond acceptors (Lipinski definition) is 8. The third-order valence-corrected chi connectivity index (χ3v) is 6.95. The first-order valence-electron chi connectivity index (χ1n) is 11.5. The van der Waals surface area contributed by atoms with Gasteiger partial charge in [0.2, 0.25) is 0 Å². The summed E-state index contributed by atoms with van der Waals surface area (Å²) in [6, 6.07) is 5.91. The van der Waals surface area contributed by atoms with Gasteiger partial charge in [-0.2, -0.15) is 0 Å². The second-order valence-electron chi connectivity index (χ2n) is 9.20. The van der Waals surface area contributed by atoms with Crippen LogP contribution in [0.4, 0.5) is 5.69 Å². The summed E-state index contributed by atoms with van der Waals surface area (Å²) in [6.07, 6.45) is 3.72. The van der Waals surface area contributed by atoms with Crippen LogP contribution >= 0.6 is 0 Å². The number of ketones is 1. The number of nitrogens with one attached hydrogen (secondary N) is 1. The lowest BCUT2D eigenvalue weighted by atomic mass is 9.69. The molecule has 1 aromatic carbocycles. The molecule has 0 unspecified atom stereocenters. The molecule has 0 bridgehead atoms. The molecular formula is C25H28N2O7. The quantitative estimate of drug-likeness (QED) is 0.300. The van der Waals surface area contributed by atoms with E-state index in [1.807, 2.05) is 0 Å². The van der Waals surface area contributed by atoms with Gasteiger partial charge in [0, 0.05) is 35.0 Å². The Morgan fingerprint density at radius 1 is 1.21 bits per heavy atom. The van der Waals surface area contributed by atoms with E-state index in [0.29, 0.717) is 23.4 Å². The van der Waals surface area contributed by atoms with Crippen LogP contribution in [0.15, 0.2) is 46.8 Å². The van der Waals surface area contributed by atoms with Gasteiger partial charge in [-0.15, -0.1) is 0 Å². The standard InChI is InChI=1S/C25H28N2O7/c1-13-11-18-22(23(28)19(13)24(29)33-3)21(15-7-6-8-16(12-15)27(31)32)20(14(2)26-18)25(30)34-17-9-4-5-10-17/h6-8,12-13,17,19,21,26H,4-5,9-11H2,1-3H3/t13-,19-,21-/m0/s1. The summed E-state index contributed by atoms with van der Waals surface area (Å²) >= 11 is 0. The van der Waals surface area contributed by atoms with Crippen LogP contribution in [0.5, 0.6) is 0 Å². The summed E-state index contributed by atoms with van der Waals surface area (Å²) in [7, 11) is 1.23. The summed E-state index contributed by atoms with van der Waals surface area (Å²) in [5.74, 6) is -3.85. The maximum absolute atomic E-state index is 13.7. The smallest absolute Gasteiger partial charge is 0.337 e. The highest BCUT2D eigenvalue weighted by atomic mass is 16.6. The van der Waals surface area contributed by atoms with Crippen LogP contribution in [0.1, 0.15) is 57.4 Å². The molecule has 1 saturated carbocycles. The summed E-state index contributed by atoms with van der Waals surface area (Å²) in [5, 5.41) is 14.7. The molecule has 9 heteroatoms. The molecule has 34 heavy (non-hydrogen) atoms. The lowest BCUT2D eigenvalue weighted by Gasteiger charge is -2.38. The first-order chi connectivity index (χ1) is 16.2. The number of esters is 2. The van der Waals surface area contributed by atoms with Crippen molar-refractivity contribution in [2.24, 2.45) is 11.8 Å². The maximum Gasteiger partial charge on any atom is 0.337 e. The third kappa shape index (κ3) is 4.22. The first kappa shape index (κ1) is 23.7. The molecule has 0 amide bonds. The number of carbonyl (C=O) groups excluding carboxylic acids is 3. The number of benzene rings is 1. The molecule has 0 saturated heterocycles. The van der Waals surface area contributed by atoms with Crippen LogP contribution in [-0.2, 0) is 23.9 Å². The Bertz CT molecular complexity index is 1110. The van der Waals surface area contributed by atoms with Gasteiger partial charge in [0.25, 0.3) is 5.69 Å². The number of carbonyl (C=O) groups is 3. The Labute approximate surface area is 197 Å². The van der Waals surface area contributed by atoms with E-state index in [1.165, 1.54) is 25.3 Å². The van der Waals surface area contributed by atoms with E-state index in [2.05, 4.69) is 5.32 Å². The molecule has 9 nitrogen and oxygen atoms in total. The second-order valence-corrected chi connectivity index (χ2v) is 9.20. The number of rotatable bonds is 5. The Morgan fingerprint density at radius 2 is 1.91 bits per heavy atom. The molecule has 0 radical (unpaired) electrons. The molecule has 180 valence electrons. The highest BCUT2D eigenvalue weighted by Gasteiger charge is 2.47. The van der Waals surface area contributed by atoms with Gasteiger partial charge in [-0.1, -0.05) is 19.1 Å². The summed E-state index contributed by atoms with van der Waals surface area (Å²) < 4.78 is 10.7. The molecule has 1 aromatic rings. The number of methoxy groups -OCH3 is 1. The molecule has 4 rings (SSSR count). The van der Waals surface area contributed by atoms with E-state index >= 15 is 0 Å². The van der Waals surface area contributed by atoms with Gasteiger partial charge in [0.1, 0.15) is 12.0 Å². The van der Waals surface area contributed by atoms with Crippen molar-refractivity contribution in [3.63, 3.8) is 0 Å². The molecule has 3 atom stereocenters. The van der Waals surface area contributed by atoms with Crippen LogP contribution in [0.25, 0.3) is 0 Å². The average molecular weight is 469 g/mol. The van der Waals surface area contributed by atoms with Crippen LogP contribution in [0.3, 0.4) is 0 Å². The van der Waals surface area contributed by atoms with E-state index in [4.69, 9.17) is 9.47 Å². The number of Topliss-reactive ketones (excluding diaryl/α,β-unsaturated/α-hetero) is 1. The fourth-order valence-corrected chi connectivity index (χ4v) is 5.32. The van der Waals surface area contributed by atoms with Gasteiger partial charge in [-0.3, -0.25) is 19.7 Å². The van der Waals surface area contributed by atoms with Gasteiger partial charge in [-0.05, 0) is 50.5 Å². The van der Waals surface area contributed by atoms with Crippen LogP contribution in [-0.4, -0.2) is 35.9 Å². The van der Waals surface area contributed by atoms with Crippen molar-refractivity contribution in [2.75, 3.05) is 7.11 Å². The molecule has 2 aliphatic carbocycles. The van der Waals surface area contributed by atoms with Crippen molar-refractivity contribution >= 4 is 23.4 Å². The first-order valence-corrected chi connectivity index (χ1v) is 11.5. The Kier molecular flexibility index (Phi) is 6.54. The molecule has 0 spiro atoms. The predicted octanol–water partition coefficient (Wildman–Crippen LogP) is 3.69. The maximum atomic E-state index is 13.7. The molecular weight excluding hydrogens is 440 g/mol. The van der Waals surface area contributed by atoms with Crippen LogP contribution in [0, 0.1) is 22.0 Å². The summed E-state index contributed by atoms with van der Waals surface area (Å²) in [5.41, 5.74) is 1.92.